The van der Waals surface area contributed by atoms with Crippen LogP contribution in [0.2, 0.25) is 5.02 Å². The zero-order valence-corrected chi connectivity index (χ0v) is 10.5. The van der Waals surface area contributed by atoms with Gasteiger partial charge in [-0.25, -0.2) is 4.39 Å². The summed E-state index contributed by atoms with van der Waals surface area (Å²) in [7, 11) is 0. The minimum atomic E-state index is -1.01. The fraction of sp³-hybridized carbons (Fsp3) is 0.417. The van der Waals surface area contributed by atoms with E-state index in [4.69, 9.17) is 22.4 Å². The van der Waals surface area contributed by atoms with Crippen molar-refractivity contribution in [2.24, 2.45) is 11.1 Å². The molecule has 17 heavy (non-hydrogen) atoms. The van der Waals surface area contributed by atoms with E-state index in [2.05, 4.69) is 0 Å². The molecule has 0 aliphatic carbocycles. The van der Waals surface area contributed by atoms with Gasteiger partial charge in [0.05, 0.1) is 5.41 Å². The lowest BCUT2D eigenvalue weighted by atomic mass is 9.84. The van der Waals surface area contributed by atoms with Crippen molar-refractivity contribution in [3.63, 3.8) is 0 Å². The molecular formula is C12H15ClFNO2. The molecule has 0 spiro atoms. The Balaban J connectivity index is 2.94. The molecule has 0 fully saturated rings. The highest BCUT2D eigenvalue weighted by Crippen LogP contribution is 2.30. The summed E-state index contributed by atoms with van der Waals surface area (Å²) in [5.41, 5.74) is 5.06. The molecule has 0 saturated heterocycles. The third kappa shape index (κ3) is 3.41. The van der Waals surface area contributed by atoms with Crippen LogP contribution in [0.3, 0.4) is 0 Å². The first kappa shape index (κ1) is 13.9. The summed E-state index contributed by atoms with van der Waals surface area (Å²) in [5.74, 6) is -1.43. The van der Waals surface area contributed by atoms with E-state index in [0.29, 0.717) is 5.02 Å². The molecule has 0 amide bonds. The third-order valence-corrected chi connectivity index (χ3v) is 2.90. The second-order valence-electron chi connectivity index (χ2n) is 4.67. The van der Waals surface area contributed by atoms with E-state index < -0.39 is 23.2 Å². The number of nitrogens with two attached hydrogens (primary N) is 1. The summed E-state index contributed by atoms with van der Waals surface area (Å²) in [6.07, 6.45) is 0.138. The number of hydrogen-bond acceptors (Lipinski definition) is 2. The summed E-state index contributed by atoms with van der Waals surface area (Å²) in [5, 5.41) is 9.37. The predicted molar refractivity (Wildman–Crippen MR) is 64.4 cm³/mol. The highest BCUT2D eigenvalue weighted by Gasteiger charge is 2.30. The Morgan fingerprint density at radius 2 is 2.18 bits per heavy atom. The van der Waals surface area contributed by atoms with Crippen molar-refractivity contribution in [1.29, 1.82) is 0 Å². The van der Waals surface area contributed by atoms with Crippen LogP contribution >= 0.6 is 11.6 Å². The van der Waals surface area contributed by atoms with Gasteiger partial charge >= 0.3 is 5.97 Å². The first-order chi connectivity index (χ1) is 7.74. The van der Waals surface area contributed by atoms with Gasteiger partial charge in [0.1, 0.15) is 5.82 Å². The second kappa shape index (κ2) is 5.02. The Labute approximate surface area is 104 Å². The summed E-state index contributed by atoms with van der Waals surface area (Å²) >= 11 is 5.76. The van der Waals surface area contributed by atoms with Gasteiger partial charge in [0.25, 0.3) is 0 Å². The minimum absolute atomic E-state index is 0.138. The Bertz CT molecular complexity index is 435. The number of hydrogen-bond donors (Lipinski definition) is 2. The van der Waals surface area contributed by atoms with E-state index in [1.54, 1.807) is 13.8 Å². The first-order valence-corrected chi connectivity index (χ1v) is 5.56. The number of halogens is 2. The van der Waals surface area contributed by atoms with Crippen LogP contribution in [0, 0.1) is 11.2 Å². The van der Waals surface area contributed by atoms with Crippen molar-refractivity contribution in [2.45, 2.75) is 26.3 Å². The van der Waals surface area contributed by atoms with E-state index >= 15 is 0 Å². The van der Waals surface area contributed by atoms with E-state index in [0.717, 1.165) is 0 Å². The van der Waals surface area contributed by atoms with Gasteiger partial charge in [-0.2, -0.15) is 0 Å². The van der Waals surface area contributed by atoms with Crippen LogP contribution in [-0.4, -0.2) is 11.1 Å². The third-order valence-electron chi connectivity index (χ3n) is 2.67. The molecule has 3 N–H and O–H groups in total. The number of rotatable bonds is 4. The van der Waals surface area contributed by atoms with Crippen molar-refractivity contribution < 1.29 is 14.3 Å². The molecule has 1 aromatic carbocycles. The molecule has 1 rings (SSSR count). The molecule has 1 unspecified atom stereocenters. The topological polar surface area (TPSA) is 63.3 Å². The normalized spacial score (nSPS) is 13.5. The van der Waals surface area contributed by atoms with Gasteiger partial charge in [0.2, 0.25) is 0 Å². The SMILES string of the molecule is CC(C)(CC(N)c1cc(Cl)ccc1F)C(=O)O. The minimum Gasteiger partial charge on any atom is -0.481 e. The lowest BCUT2D eigenvalue weighted by molar-refractivity contribution is -0.147. The summed E-state index contributed by atoms with van der Waals surface area (Å²) in [6.45, 7) is 3.11. The summed E-state index contributed by atoms with van der Waals surface area (Å²) < 4.78 is 13.5. The van der Waals surface area contributed by atoms with Gasteiger partial charge in [-0.1, -0.05) is 11.6 Å². The molecular weight excluding hydrogens is 245 g/mol. The highest BCUT2D eigenvalue weighted by molar-refractivity contribution is 6.30. The Morgan fingerprint density at radius 3 is 2.71 bits per heavy atom. The molecule has 0 saturated carbocycles. The maximum Gasteiger partial charge on any atom is 0.309 e. The van der Waals surface area contributed by atoms with Crippen molar-refractivity contribution in [3.05, 3.63) is 34.6 Å². The Hall–Kier alpha value is -1.13. The maximum atomic E-state index is 13.5. The van der Waals surface area contributed by atoms with Gasteiger partial charge in [0.15, 0.2) is 0 Å². The molecule has 0 bridgehead atoms. The lowest BCUT2D eigenvalue weighted by Gasteiger charge is -2.24. The molecule has 1 atom stereocenters. The molecule has 0 heterocycles. The summed E-state index contributed by atoms with van der Waals surface area (Å²) in [6, 6.07) is 3.39. The van der Waals surface area contributed by atoms with Gasteiger partial charge in [-0.3, -0.25) is 4.79 Å². The van der Waals surface area contributed by atoms with Gasteiger partial charge in [0, 0.05) is 16.6 Å². The van der Waals surface area contributed by atoms with E-state index in [1.165, 1.54) is 18.2 Å². The Morgan fingerprint density at radius 1 is 1.59 bits per heavy atom. The molecule has 1 aromatic rings. The van der Waals surface area contributed by atoms with Crippen LogP contribution in [0.25, 0.3) is 0 Å². The van der Waals surface area contributed by atoms with Crippen molar-refractivity contribution >= 4 is 17.6 Å². The zero-order chi connectivity index (χ0) is 13.2. The number of carboxylic acid groups (broad SMARTS) is 1. The molecule has 0 aliphatic rings. The predicted octanol–water partition coefficient (Wildman–Crippen LogP) is 2.98. The number of carboxylic acids is 1. The number of aliphatic carboxylic acids is 1. The fourth-order valence-electron chi connectivity index (χ4n) is 1.55. The van der Waals surface area contributed by atoms with E-state index in [9.17, 15) is 9.18 Å². The lowest BCUT2D eigenvalue weighted by Crippen LogP contribution is -2.29. The maximum absolute atomic E-state index is 13.5. The number of benzene rings is 1. The van der Waals surface area contributed by atoms with Crippen LogP contribution in [0.1, 0.15) is 31.9 Å². The van der Waals surface area contributed by atoms with Gasteiger partial charge in [-0.05, 0) is 38.5 Å². The molecule has 94 valence electrons. The first-order valence-electron chi connectivity index (χ1n) is 5.18. The van der Waals surface area contributed by atoms with Crippen molar-refractivity contribution in [3.8, 4) is 0 Å². The van der Waals surface area contributed by atoms with Crippen molar-refractivity contribution in [1.82, 2.24) is 0 Å². The van der Waals surface area contributed by atoms with Crippen LogP contribution in [0.4, 0.5) is 4.39 Å². The van der Waals surface area contributed by atoms with E-state index in [-0.39, 0.29) is 12.0 Å². The summed E-state index contributed by atoms with van der Waals surface area (Å²) in [4.78, 5) is 11.0. The fourth-order valence-corrected chi connectivity index (χ4v) is 1.73. The van der Waals surface area contributed by atoms with Crippen LogP contribution < -0.4 is 5.73 Å². The molecule has 3 nitrogen and oxygen atoms in total. The molecule has 0 radical (unpaired) electrons. The van der Waals surface area contributed by atoms with E-state index in [1.807, 2.05) is 0 Å². The number of carbonyl (C=O) groups is 1. The van der Waals surface area contributed by atoms with Crippen LogP contribution in [0.15, 0.2) is 18.2 Å². The quantitative estimate of drug-likeness (QED) is 0.874. The second-order valence-corrected chi connectivity index (χ2v) is 5.10. The molecule has 5 heteroatoms. The average molecular weight is 260 g/mol. The van der Waals surface area contributed by atoms with Crippen LogP contribution in [0.5, 0.6) is 0 Å². The standard InChI is InChI=1S/C12H15ClFNO2/c1-12(2,11(16)17)6-10(15)8-5-7(13)3-4-9(8)14/h3-5,10H,6,15H2,1-2H3,(H,16,17). The molecule has 0 aliphatic heterocycles. The smallest absolute Gasteiger partial charge is 0.309 e. The van der Waals surface area contributed by atoms with Crippen LogP contribution in [-0.2, 0) is 4.79 Å². The Kier molecular flexibility index (Phi) is 4.11. The van der Waals surface area contributed by atoms with Crippen molar-refractivity contribution in [2.75, 3.05) is 0 Å². The highest BCUT2D eigenvalue weighted by atomic mass is 35.5. The monoisotopic (exact) mass is 259 g/mol. The van der Waals surface area contributed by atoms with Gasteiger partial charge in [-0.15, -0.1) is 0 Å². The largest absolute Gasteiger partial charge is 0.481 e. The van der Waals surface area contributed by atoms with Gasteiger partial charge < -0.3 is 10.8 Å². The average Bonchev–Trinajstić information content (AvgIpc) is 2.20. The zero-order valence-electron chi connectivity index (χ0n) is 9.71. The molecule has 0 aromatic heterocycles.